The number of anilines is 1. The number of hydrogen-bond donors (Lipinski definition) is 1. The van der Waals surface area contributed by atoms with E-state index in [4.69, 9.17) is 11.6 Å². The van der Waals surface area contributed by atoms with Crippen molar-refractivity contribution in [2.45, 2.75) is 0 Å². The van der Waals surface area contributed by atoms with Crippen LogP contribution in [-0.4, -0.2) is 25.8 Å². The topological polar surface area (TPSA) is 111 Å². The second-order valence-corrected chi connectivity index (χ2v) is 4.66. The smallest absolute Gasteiger partial charge is 0.300 e. The first-order valence-electron chi connectivity index (χ1n) is 5.06. The molecule has 20 heavy (non-hydrogen) atoms. The minimum absolute atomic E-state index is 0.0253. The average Bonchev–Trinajstić information content (AvgIpc) is 2.41. The number of nitrogens with one attached hydrogen (secondary N) is 1. The Kier molecular flexibility index (Phi) is 4.20. The summed E-state index contributed by atoms with van der Waals surface area (Å²) in [7, 11) is 0. The molecule has 2 rings (SSSR count). The highest BCUT2D eigenvalue weighted by molar-refractivity contribution is 9.10. The Bertz CT molecular complexity index is 679. The van der Waals surface area contributed by atoms with Gasteiger partial charge in [-0.3, -0.25) is 14.9 Å². The number of halogens is 2. The van der Waals surface area contributed by atoms with E-state index < -0.39 is 16.5 Å². The van der Waals surface area contributed by atoms with Crippen LogP contribution >= 0.6 is 27.5 Å². The number of pyridine rings is 1. The maximum Gasteiger partial charge on any atom is 0.300 e. The standard InChI is InChI=1S/C10H5BrClN5O3/c11-7-3-15-9(4-13-7)16-10(18)5-1-8(12)14-2-6(5)17(19)20/h1-4H,(H,15,16,18). The van der Waals surface area contributed by atoms with E-state index in [0.717, 1.165) is 12.3 Å². The molecule has 10 heteroatoms. The molecule has 0 saturated heterocycles. The number of hydrogen-bond acceptors (Lipinski definition) is 6. The molecule has 0 fully saturated rings. The van der Waals surface area contributed by atoms with E-state index in [1.165, 1.54) is 12.4 Å². The molecule has 0 spiro atoms. The Balaban J connectivity index is 2.31. The largest absolute Gasteiger partial charge is 0.305 e. The monoisotopic (exact) mass is 357 g/mol. The van der Waals surface area contributed by atoms with Gasteiger partial charge in [-0.15, -0.1) is 0 Å². The number of nitrogens with zero attached hydrogens (tertiary/aromatic N) is 4. The molecule has 102 valence electrons. The maximum absolute atomic E-state index is 12.0. The van der Waals surface area contributed by atoms with Crippen LogP contribution in [0.15, 0.2) is 29.3 Å². The molecule has 1 amide bonds. The molecule has 8 nitrogen and oxygen atoms in total. The minimum Gasteiger partial charge on any atom is -0.305 e. The SMILES string of the molecule is O=C(Nc1cnc(Br)cn1)c1cc(Cl)ncc1[N+](=O)[O-]. The van der Waals surface area contributed by atoms with E-state index in [9.17, 15) is 14.9 Å². The van der Waals surface area contributed by atoms with Crippen LogP contribution in [0.1, 0.15) is 10.4 Å². The van der Waals surface area contributed by atoms with Crippen LogP contribution in [0.5, 0.6) is 0 Å². The summed E-state index contributed by atoms with van der Waals surface area (Å²) in [5.74, 6) is -0.571. The molecule has 0 unspecified atom stereocenters. The third-order valence-electron chi connectivity index (χ3n) is 2.15. The van der Waals surface area contributed by atoms with Crippen molar-refractivity contribution in [2.24, 2.45) is 0 Å². The van der Waals surface area contributed by atoms with Gasteiger partial charge in [-0.2, -0.15) is 0 Å². The van der Waals surface area contributed by atoms with Crippen LogP contribution in [0.4, 0.5) is 11.5 Å². The van der Waals surface area contributed by atoms with Gasteiger partial charge in [0, 0.05) is 0 Å². The van der Waals surface area contributed by atoms with Gasteiger partial charge in [0.15, 0.2) is 5.82 Å². The summed E-state index contributed by atoms with van der Waals surface area (Å²) in [5.41, 5.74) is -0.656. The summed E-state index contributed by atoms with van der Waals surface area (Å²) in [4.78, 5) is 33.4. The van der Waals surface area contributed by atoms with Crippen molar-refractivity contribution in [2.75, 3.05) is 5.32 Å². The van der Waals surface area contributed by atoms with Crippen LogP contribution in [-0.2, 0) is 0 Å². The van der Waals surface area contributed by atoms with Gasteiger partial charge in [0.2, 0.25) is 0 Å². The molecule has 2 heterocycles. The van der Waals surface area contributed by atoms with Crippen molar-refractivity contribution in [3.63, 3.8) is 0 Å². The summed E-state index contributed by atoms with van der Waals surface area (Å²) in [6.45, 7) is 0. The van der Waals surface area contributed by atoms with Gasteiger partial charge < -0.3 is 5.32 Å². The third kappa shape index (κ3) is 3.25. The summed E-state index contributed by atoms with van der Waals surface area (Å²) in [5, 5.41) is 13.2. The lowest BCUT2D eigenvalue weighted by molar-refractivity contribution is -0.385. The Morgan fingerprint density at radius 1 is 1.30 bits per heavy atom. The van der Waals surface area contributed by atoms with Crippen molar-refractivity contribution in [1.29, 1.82) is 0 Å². The number of carbonyl (C=O) groups excluding carboxylic acids is 1. The Morgan fingerprint density at radius 2 is 2.05 bits per heavy atom. The first-order valence-corrected chi connectivity index (χ1v) is 6.23. The zero-order valence-corrected chi connectivity index (χ0v) is 11.9. The second-order valence-electron chi connectivity index (χ2n) is 3.46. The zero-order chi connectivity index (χ0) is 14.7. The molecule has 0 bridgehead atoms. The maximum atomic E-state index is 12.0. The predicted octanol–water partition coefficient (Wildman–Crippen LogP) is 2.45. The fourth-order valence-corrected chi connectivity index (χ4v) is 1.67. The molecule has 1 N–H and O–H groups in total. The van der Waals surface area contributed by atoms with Gasteiger partial charge >= 0.3 is 0 Å². The fraction of sp³-hybridized carbons (Fsp3) is 0. The molecule has 2 aromatic rings. The average molecular weight is 359 g/mol. The van der Waals surface area contributed by atoms with E-state index >= 15 is 0 Å². The van der Waals surface area contributed by atoms with Crippen LogP contribution in [0.25, 0.3) is 0 Å². The highest BCUT2D eigenvalue weighted by Gasteiger charge is 2.21. The lowest BCUT2D eigenvalue weighted by Crippen LogP contribution is -2.15. The highest BCUT2D eigenvalue weighted by Crippen LogP contribution is 2.21. The fourth-order valence-electron chi connectivity index (χ4n) is 1.31. The first kappa shape index (κ1) is 14.3. The van der Waals surface area contributed by atoms with Crippen molar-refractivity contribution in [3.05, 3.63) is 50.1 Å². The second kappa shape index (κ2) is 5.88. The molecule has 0 saturated carbocycles. The van der Waals surface area contributed by atoms with Crippen molar-refractivity contribution in [3.8, 4) is 0 Å². The van der Waals surface area contributed by atoms with Crippen LogP contribution in [0.2, 0.25) is 5.15 Å². The molecule has 0 aromatic carbocycles. The zero-order valence-electron chi connectivity index (χ0n) is 9.58. The molecule has 2 aromatic heterocycles. The van der Waals surface area contributed by atoms with Crippen LogP contribution in [0.3, 0.4) is 0 Å². The van der Waals surface area contributed by atoms with Gasteiger partial charge in [0.25, 0.3) is 11.6 Å². The van der Waals surface area contributed by atoms with E-state index in [0.29, 0.717) is 4.60 Å². The summed E-state index contributed by atoms with van der Waals surface area (Å²) in [6, 6.07) is 1.11. The third-order valence-corrected chi connectivity index (χ3v) is 2.77. The van der Waals surface area contributed by atoms with Gasteiger partial charge in [-0.1, -0.05) is 11.6 Å². The lowest BCUT2D eigenvalue weighted by Gasteiger charge is -2.04. The number of carbonyl (C=O) groups is 1. The Labute approximate surface area is 125 Å². The molecule has 0 aliphatic heterocycles. The number of nitro groups is 1. The van der Waals surface area contributed by atoms with Crippen LogP contribution < -0.4 is 5.32 Å². The van der Waals surface area contributed by atoms with Gasteiger partial charge in [-0.05, 0) is 22.0 Å². The predicted molar refractivity (Wildman–Crippen MR) is 73.6 cm³/mol. The molecule has 0 aliphatic rings. The Hall–Kier alpha value is -2.13. The van der Waals surface area contributed by atoms with E-state index in [2.05, 4.69) is 36.2 Å². The van der Waals surface area contributed by atoms with Gasteiger partial charge in [-0.25, -0.2) is 15.0 Å². The summed E-state index contributed by atoms with van der Waals surface area (Å²) in [6.07, 6.45) is 3.60. The molecule has 0 radical (unpaired) electrons. The first-order chi connectivity index (χ1) is 9.47. The summed E-state index contributed by atoms with van der Waals surface area (Å²) >= 11 is 8.74. The highest BCUT2D eigenvalue weighted by atomic mass is 79.9. The molecule has 0 aliphatic carbocycles. The van der Waals surface area contributed by atoms with Crippen molar-refractivity contribution >= 4 is 44.9 Å². The normalized spacial score (nSPS) is 10.1. The summed E-state index contributed by atoms with van der Waals surface area (Å²) < 4.78 is 0.494. The number of amides is 1. The molecule has 0 atom stereocenters. The van der Waals surface area contributed by atoms with Crippen molar-refractivity contribution < 1.29 is 9.72 Å². The molecular formula is C10H5BrClN5O3. The van der Waals surface area contributed by atoms with Crippen molar-refractivity contribution in [1.82, 2.24) is 15.0 Å². The number of rotatable bonds is 3. The van der Waals surface area contributed by atoms with E-state index in [1.807, 2.05) is 0 Å². The van der Waals surface area contributed by atoms with Crippen LogP contribution in [0, 0.1) is 10.1 Å². The number of aromatic nitrogens is 3. The Morgan fingerprint density at radius 3 is 2.65 bits per heavy atom. The van der Waals surface area contributed by atoms with Gasteiger partial charge in [0.05, 0.1) is 17.3 Å². The lowest BCUT2D eigenvalue weighted by atomic mass is 10.2. The van der Waals surface area contributed by atoms with Gasteiger partial charge in [0.1, 0.15) is 21.5 Å². The minimum atomic E-state index is -0.724. The quantitative estimate of drug-likeness (QED) is 0.512. The van der Waals surface area contributed by atoms with E-state index in [1.54, 1.807) is 0 Å². The van der Waals surface area contributed by atoms with E-state index in [-0.39, 0.29) is 16.5 Å². The molecular weight excluding hydrogens is 353 g/mol.